The van der Waals surface area contributed by atoms with E-state index in [1.165, 1.54) is 12.1 Å². The molecule has 140 valence electrons. The van der Waals surface area contributed by atoms with Crippen LogP contribution in [0.4, 0.5) is 5.69 Å². The topological polar surface area (TPSA) is 80.9 Å². The van der Waals surface area contributed by atoms with Gasteiger partial charge in [0.25, 0.3) is 5.69 Å². The summed E-state index contributed by atoms with van der Waals surface area (Å²) >= 11 is 0. The van der Waals surface area contributed by atoms with Crippen LogP contribution in [-0.2, 0) is 0 Å². The van der Waals surface area contributed by atoms with Gasteiger partial charge in [-0.3, -0.25) is 14.9 Å². The van der Waals surface area contributed by atoms with Gasteiger partial charge in [-0.25, -0.2) is 0 Å². The van der Waals surface area contributed by atoms with Gasteiger partial charge in [0.2, 0.25) is 5.78 Å². The summed E-state index contributed by atoms with van der Waals surface area (Å²) in [6.45, 7) is 0. The van der Waals surface area contributed by atoms with Crippen molar-refractivity contribution < 1.29 is 9.72 Å². The third-order valence-corrected chi connectivity index (χ3v) is 5.06. The Balaban J connectivity index is 1.79. The molecule has 6 heteroatoms. The first-order chi connectivity index (χ1) is 14.1. The number of nitrogens with zero attached hydrogens (tertiary/aromatic N) is 2. The number of non-ortho nitro benzene ring substituents is 1. The van der Waals surface area contributed by atoms with Crippen LogP contribution in [0.5, 0.6) is 0 Å². The van der Waals surface area contributed by atoms with Crippen LogP contribution in [0.15, 0.2) is 85.1 Å². The summed E-state index contributed by atoms with van der Waals surface area (Å²) < 4.78 is 1.80. The fourth-order valence-electron chi connectivity index (χ4n) is 3.72. The number of aromatic amines is 1. The number of nitrogens with one attached hydrogen (secondary N) is 1. The molecule has 6 nitrogen and oxygen atoms in total. The van der Waals surface area contributed by atoms with Crippen LogP contribution in [0.1, 0.15) is 16.1 Å². The number of carbonyl (C=O) groups is 1. The van der Waals surface area contributed by atoms with Gasteiger partial charge in [-0.15, -0.1) is 0 Å². The number of benzene rings is 3. The van der Waals surface area contributed by atoms with Crippen molar-refractivity contribution in [2.24, 2.45) is 0 Å². The standard InChI is InChI=1S/C23H15N3O3/c27-23(15-6-2-1-3-7-15)22-21-18-8-4-5-9-19(18)24-20(21)14-25(22)16-10-12-17(13-11-16)26(28)29/h1-14,24H. The van der Waals surface area contributed by atoms with Crippen molar-refractivity contribution in [2.45, 2.75) is 0 Å². The second-order valence-electron chi connectivity index (χ2n) is 6.78. The molecule has 0 aliphatic rings. The van der Waals surface area contributed by atoms with Gasteiger partial charge in [-0.2, -0.15) is 0 Å². The van der Waals surface area contributed by atoms with Crippen molar-refractivity contribution in [3.63, 3.8) is 0 Å². The van der Waals surface area contributed by atoms with Crippen molar-refractivity contribution >= 4 is 33.3 Å². The lowest BCUT2D eigenvalue weighted by molar-refractivity contribution is -0.384. The SMILES string of the molecule is O=C(c1ccccc1)c1c2c(cn1-c1ccc([N+](=O)[O-])cc1)[nH]c1ccccc12. The fourth-order valence-corrected chi connectivity index (χ4v) is 3.72. The molecule has 0 aliphatic heterocycles. The summed E-state index contributed by atoms with van der Waals surface area (Å²) in [4.78, 5) is 27.4. The Labute approximate surface area is 165 Å². The van der Waals surface area contributed by atoms with E-state index in [9.17, 15) is 14.9 Å². The number of hydrogen-bond acceptors (Lipinski definition) is 3. The number of fused-ring (bicyclic) bond motifs is 3. The molecule has 0 amide bonds. The number of para-hydroxylation sites is 1. The molecule has 29 heavy (non-hydrogen) atoms. The number of H-pyrrole nitrogens is 1. The molecule has 1 N–H and O–H groups in total. The average molecular weight is 381 g/mol. The highest BCUT2D eigenvalue weighted by atomic mass is 16.6. The predicted octanol–water partition coefficient (Wildman–Crippen LogP) is 5.25. The highest BCUT2D eigenvalue weighted by Gasteiger charge is 2.23. The lowest BCUT2D eigenvalue weighted by Crippen LogP contribution is -2.09. The first-order valence-electron chi connectivity index (χ1n) is 9.10. The normalized spacial score (nSPS) is 11.2. The van der Waals surface area contributed by atoms with E-state index in [1.807, 2.05) is 48.7 Å². The van der Waals surface area contributed by atoms with Gasteiger partial charge >= 0.3 is 0 Å². The molecule has 0 saturated heterocycles. The van der Waals surface area contributed by atoms with Gasteiger partial charge in [-0.05, 0) is 18.2 Å². The van der Waals surface area contributed by atoms with E-state index in [0.29, 0.717) is 16.9 Å². The quantitative estimate of drug-likeness (QED) is 0.262. The lowest BCUT2D eigenvalue weighted by Gasteiger charge is -2.09. The highest BCUT2D eigenvalue weighted by Crippen LogP contribution is 2.33. The zero-order valence-corrected chi connectivity index (χ0v) is 15.2. The van der Waals surface area contributed by atoms with Gasteiger partial charge in [0.05, 0.1) is 10.4 Å². The van der Waals surface area contributed by atoms with Crippen LogP contribution in [0.2, 0.25) is 0 Å². The Kier molecular flexibility index (Phi) is 3.77. The molecule has 0 unspecified atom stereocenters. The summed E-state index contributed by atoms with van der Waals surface area (Å²) in [5.74, 6) is -0.108. The second-order valence-corrected chi connectivity index (χ2v) is 6.78. The Morgan fingerprint density at radius 3 is 2.28 bits per heavy atom. The molecule has 5 rings (SSSR count). The van der Waals surface area contributed by atoms with Gasteiger partial charge in [0.15, 0.2) is 0 Å². The molecule has 0 saturated carbocycles. The van der Waals surface area contributed by atoms with Gasteiger partial charge in [0, 0.05) is 45.9 Å². The van der Waals surface area contributed by atoms with Crippen LogP contribution in [-0.4, -0.2) is 20.3 Å². The Bertz CT molecular complexity index is 1380. The molecule has 0 fully saturated rings. The minimum Gasteiger partial charge on any atom is -0.353 e. The van der Waals surface area contributed by atoms with E-state index in [1.54, 1.807) is 28.8 Å². The van der Waals surface area contributed by atoms with Crippen LogP contribution in [0.3, 0.4) is 0 Å². The molecule has 5 aromatic rings. The Hall–Kier alpha value is -4.19. The number of nitro benzene ring substituents is 1. The van der Waals surface area contributed by atoms with Crippen molar-refractivity contribution in [3.05, 3.63) is 106 Å². The third-order valence-electron chi connectivity index (χ3n) is 5.06. The predicted molar refractivity (Wildman–Crippen MR) is 112 cm³/mol. The second kappa shape index (κ2) is 6.45. The number of rotatable bonds is 4. The number of ketones is 1. The number of aromatic nitrogens is 2. The summed E-state index contributed by atoms with van der Waals surface area (Å²) in [5, 5.41) is 12.8. The summed E-state index contributed by atoms with van der Waals surface area (Å²) in [7, 11) is 0. The van der Waals surface area contributed by atoms with E-state index in [0.717, 1.165) is 21.8 Å². The molecule has 2 aromatic heterocycles. The molecule has 0 spiro atoms. The largest absolute Gasteiger partial charge is 0.353 e. The zero-order chi connectivity index (χ0) is 20.0. The molecule has 0 bridgehead atoms. The van der Waals surface area contributed by atoms with Gasteiger partial charge < -0.3 is 9.55 Å². The molecule has 0 radical (unpaired) electrons. The maximum absolute atomic E-state index is 13.5. The smallest absolute Gasteiger partial charge is 0.269 e. The fraction of sp³-hybridized carbons (Fsp3) is 0. The first-order valence-corrected chi connectivity index (χ1v) is 9.10. The molecular formula is C23H15N3O3. The van der Waals surface area contributed by atoms with E-state index < -0.39 is 4.92 Å². The number of carbonyl (C=O) groups excluding carboxylic acids is 1. The van der Waals surface area contributed by atoms with Crippen LogP contribution in [0.25, 0.3) is 27.5 Å². The van der Waals surface area contributed by atoms with E-state index in [4.69, 9.17) is 0 Å². The van der Waals surface area contributed by atoms with E-state index >= 15 is 0 Å². The average Bonchev–Trinajstić information content (AvgIpc) is 3.30. The maximum Gasteiger partial charge on any atom is 0.269 e. The third kappa shape index (κ3) is 2.70. The summed E-state index contributed by atoms with van der Waals surface area (Å²) in [6.07, 6.45) is 1.87. The minimum absolute atomic E-state index is 0.00727. The van der Waals surface area contributed by atoms with Crippen molar-refractivity contribution in [3.8, 4) is 5.69 Å². The lowest BCUT2D eigenvalue weighted by atomic mass is 10.0. The Morgan fingerprint density at radius 2 is 1.55 bits per heavy atom. The van der Waals surface area contributed by atoms with Crippen LogP contribution >= 0.6 is 0 Å². The van der Waals surface area contributed by atoms with E-state index in [-0.39, 0.29) is 11.5 Å². The molecular weight excluding hydrogens is 366 g/mol. The zero-order valence-electron chi connectivity index (χ0n) is 15.2. The summed E-state index contributed by atoms with van der Waals surface area (Å²) in [6, 6.07) is 23.1. The van der Waals surface area contributed by atoms with Crippen LogP contribution in [0, 0.1) is 10.1 Å². The van der Waals surface area contributed by atoms with E-state index in [2.05, 4.69) is 4.98 Å². The van der Waals surface area contributed by atoms with Gasteiger partial charge in [0.1, 0.15) is 5.69 Å². The van der Waals surface area contributed by atoms with Crippen LogP contribution < -0.4 is 0 Å². The number of nitro groups is 1. The molecule has 3 aromatic carbocycles. The molecule has 0 atom stereocenters. The Morgan fingerprint density at radius 1 is 0.862 bits per heavy atom. The number of hydrogen-bond donors (Lipinski definition) is 1. The monoisotopic (exact) mass is 381 g/mol. The first kappa shape index (κ1) is 16.9. The maximum atomic E-state index is 13.5. The van der Waals surface area contributed by atoms with Crippen molar-refractivity contribution in [1.29, 1.82) is 0 Å². The molecule has 0 aliphatic carbocycles. The van der Waals surface area contributed by atoms with Gasteiger partial charge in [-0.1, -0.05) is 48.5 Å². The van der Waals surface area contributed by atoms with Crippen molar-refractivity contribution in [2.75, 3.05) is 0 Å². The molecule has 2 heterocycles. The summed E-state index contributed by atoms with van der Waals surface area (Å²) in [5.41, 5.74) is 3.59. The minimum atomic E-state index is -0.437. The van der Waals surface area contributed by atoms with Crippen molar-refractivity contribution in [1.82, 2.24) is 9.55 Å². The highest BCUT2D eigenvalue weighted by molar-refractivity contribution is 6.22.